The fourth-order valence-corrected chi connectivity index (χ4v) is 2.60. The molecule has 0 aromatic carbocycles. The van der Waals surface area contributed by atoms with Gasteiger partial charge in [0, 0.05) is 34.8 Å². The van der Waals surface area contributed by atoms with Crippen LogP contribution in [0, 0.1) is 0 Å². The Hall–Kier alpha value is -0.420. The van der Waals surface area contributed by atoms with Crippen molar-refractivity contribution < 1.29 is 4.79 Å². The number of halogens is 2. The van der Waals surface area contributed by atoms with Gasteiger partial charge in [-0.1, -0.05) is 15.9 Å². The first-order valence-electron chi connectivity index (χ1n) is 4.71. The third-order valence-corrected chi connectivity index (χ3v) is 3.80. The van der Waals surface area contributed by atoms with E-state index in [1.807, 2.05) is 4.90 Å². The highest BCUT2D eigenvalue weighted by atomic mass is 79.9. The highest BCUT2D eigenvalue weighted by Crippen LogP contribution is 2.22. The molecule has 1 saturated heterocycles. The van der Waals surface area contributed by atoms with Gasteiger partial charge in [-0.25, -0.2) is 0 Å². The molecule has 1 atom stereocenters. The van der Waals surface area contributed by atoms with Crippen LogP contribution in [-0.4, -0.2) is 33.7 Å². The Morgan fingerprint density at radius 2 is 2.40 bits per heavy atom. The van der Waals surface area contributed by atoms with Gasteiger partial charge in [0.1, 0.15) is 0 Å². The molecule has 1 amide bonds. The Morgan fingerprint density at radius 1 is 1.60 bits per heavy atom. The summed E-state index contributed by atoms with van der Waals surface area (Å²) in [5.74, 6) is 0.0752. The maximum atomic E-state index is 12.1. The maximum absolute atomic E-state index is 12.1. The van der Waals surface area contributed by atoms with Gasteiger partial charge >= 0.3 is 0 Å². The van der Waals surface area contributed by atoms with Crippen LogP contribution in [0.2, 0.25) is 0 Å². The van der Waals surface area contributed by atoms with E-state index in [-0.39, 0.29) is 5.91 Å². The molecule has 0 spiro atoms. The van der Waals surface area contributed by atoms with Gasteiger partial charge in [-0.2, -0.15) is 0 Å². The van der Waals surface area contributed by atoms with E-state index in [0.717, 1.165) is 24.0 Å². The van der Waals surface area contributed by atoms with Crippen molar-refractivity contribution in [3.8, 4) is 0 Å². The second-order valence-corrected chi connectivity index (χ2v) is 5.64. The number of carbonyl (C=O) groups excluding carboxylic acids is 1. The molecular weight excluding hydrogens is 324 g/mol. The van der Waals surface area contributed by atoms with Crippen LogP contribution in [-0.2, 0) is 0 Å². The Bertz CT molecular complexity index is 383. The number of likely N-dealkylation sites (tertiary alicyclic amines) is 1. The number of amides is 1. The lowest BCUT2D eigenvalue weighted by atomic mass is 10.2. The predicted octanol–water partition coefficient (Wildman–Crippen LogP) is 2.45. The zero-order chi connectivity index (χ0) is 10.8. The number of aromatic nitrogens is 1. The van der Waals surface area contributed by atoms with E-state index in [0.29, 0.717) is 10.4 Å². The number of hydrogen-bond acceptors (Lipinski definition) is 2. The smallest absolute Gasteiger partial charge is 0.255 e. The van der Waals surface area contributed by atoms with Gasteiger partial charge in [0.25, 0.3) is 5.91 Å². The number of alkyl halides is 1. The largest absolute Gasteiger partial charge is 0.337 e. The molecule has 0 N–H and O–H groups in total. The molecule has 2 heterocycles. The lowest BCUT2D eigenvalue weighted by Gasteiger charge is -2.16. The normalized spacial score (nSPS) is 20.7. The van der Waals surface area contributed by atoms with Crippen molar-refractivity contribution in [1.29, 1.82) is 0 Å². The molecule has 0 bridgehead atoms. The van der Waals surface area contributed by atoms with E-state index in [1.165, 1.54) is 0 Å². The van der Waals surface area contributed by atoms with Crippen molar-refractivity contribution in [3.63, 3.8) is 0 Å². The van der Waals surface area contributed by atoms with Crippen LogP contribution in [0.3, 0.4) is 0 Å². The summed E-state index contributed by atoms with van der Waals surface area (Å²) in [6, 6.07) is 1.74. The molecule has 5 heteroatoms. The molecule has 2 rings (SSSR count). The van der Waals surface area contributed by atoms with Crippen molar-refractivity contribution in [3.05, 3.63) is 28.5 Å². The minimum atomic E-state index is 0.0752. The molecule has 1 aromatic heterocycles. The topological polar surface area (TPSA) is 33.2 Å². The molecule has 1 aromatic rings. The zero-order valence-electron chi connectivity index (χ0n) is 7.99. The van der Waals surface area contributed by atoms with Crippen molar-refractivity contribution in [2.24, 2.45) is 0 Å². The maximum Gasteiger partial charge on any atom is 0.255 e. The minimum Gasteiger partial charge on any atom is -0.337 e. The summed E-state index contributed by atoms with van der Waals surface area (Å²) >= 11 is 6.86. The first kappa shape index (κ1) is 11.1. The fourth-order valence-electron chi connectivity index (χ4n) is 1.62. The molecule has 15 heavy (non-hydrogen) atoms. The van der Waals surface area contributed by atoms with E-state index in [1.54, 1.807) is 18.5 Å². The molecular formula is C10H10Br2N2O. The van der Waals surface area contributed by atoms with Crippen LogP contribution in [0.5, 0.6) is 0 Å². The molecule has 0 aliphatic carbocycles. The van der Waals surface area contributed by atoms with Gasteiger partial charge in [0.05, 0.1) is 5.56 Å². The number of pyridine rings is 1. The first-order valence-corrected chi connectivity index (χ1v) is 6.42. The van der Waals surface area contributed by atoms with Crippen LogP contribution in [0.1, 0.15) is 16.8 Å². The van der Waals surface area contributed by atoms with Gasteiger partial charge < -0.3 is 4.90 Å². The lowest BCUT2D eigenvalue weighted by Crippen LogP contribution is -2.29. The quantitative estimate of drug-likeness (QED) is 0.740. The number of nitrogens with zero attached hydrogens (tertiary/aromatic N) is 2. The molecule has 1 aliphatic heterocycles. The van der Waals surface area contributed by atoms with E-state index in [2.05, 4.69) is 36.8 Å². The fraction of sp³-hybridized carbons (Fsp3) is 0.400. The van der Waals surface area contributed by atoms with Crippen molar-refractivity contribution >= 4 is 37.8 Å². The van der Waals surface area contributed by atoms with Gasteiger partial charge in [0.2, 0.25) is 0 Å². The van der Waals surface area contributed by atoms with Crippen LogP contribution >= 0.6 is 31.9 Å². The van der Waals surface area contributed by atoms with Crippen LogP contribution in [0.25, 0.3) is 0 Å². The van der Waals surface area contributed by atoms with Crippen molar-refractivity contribution in [2.75, 3.05) is 13.1 Å². The Labute approximate surface area is 105 Å². The van der Waals surface area contributed by atoms with Gasteiger partial charge in [-0.05, 0) is 28.4 Å². The Morgan fingerprint density at radius 3 is 3.00 bits per heavy atom. The van der Waals surface area contributed by atoms with Gasteiger partial charge in [0.15, 0.2) is 0 Å². The summed E-state index contributed by atoms with van der Waals surface area (Å²) in [6.07, 6.45) is 4.31. The zero-order valence-corrected chi connectivity index (χ0v) is 11.2. The predicted molar refractivity (Wildman–Crippen MR) is 65.2 cm³/mol. The van der Waals surface area contributed by atoms with E-state index < -0.39 is 0 Å². The molecule has 3 nitrogen and oxygen atoms in total. The number of hydrogen-bond donors (Lipinski definition) is 0. The van der Waals surface area contributed by atoms with Crippen molar-refractivity contribution in [2.45, 2.75) is 11.2 Å². The summed E-state index contributed by atoms with van der Waals surface area (Å²) < 4.78 is 0.757. The number of carbonyl (C=O) groups is 1. The van der Waals surface area contributed by atoms with Crippen LogP contribution in [0.15, 0.2) is 22.9 Å². The average molecular weight is 334 g/mol. The highest BCUT2D eigenvalue weighted by Gasteiger charge is 2.26. The summed E-state index contributed by atoms with van der Waals surface area (Å²) in [5.41, 5.74) is 0.687. The Kier molecular flexibility index (Phi) is 3.41. The summed E-state index contributed by atoms with van der Waals surface area (Å²) in [4.78, 5) is 18.3. The standard InChI is InChI=1S/C10H10Br2N2O/c11-7-2-4-14(6-7)10(15)8-1-3-13-5-9(8)12/h1,3,5,7H,2,4,6H2. The second kappa shape index (κ2) is 4.61. The Balaban J connectivity index is 2.18. The molecule has 80 valence electrons. The van der Waals surface area contributed by atoms with E-state index in [9.17, 15) is 4.79 Å². The molecule has 0 saturated carbocycles. The summed E-state index contributed by atoms with van der Waals surface area (Å²) in [7, 11) is 0. The molecule has 1 aliphatic rings. The summed E-state index contributed by atoms with van der Waals surface area (Å²) in [6.45, 7) is 1.61. The molecule has 1 fully saturated rings. The van der Waals surface area contributed by atoms with E-state index >= 15 is 0 Å². The third kappa shape index (κ3) is 2.39. The van der Waals surface area contributed by atoms with Crippen LogP contribution in [0.4, 0.5) is 0 Å². The monoisotopic (exact) mass is 332 g/mol. The van der Waals surface area contributed by atoms with E-state index in [4.69, 9.17) is 0 Å². The van der Waals surface area contributed by atoms with Crippen molar-refractivity contribution in [1.82, 2.24) is 9.88 Å². The van der Waals surface area contributed by atoms with Gasteiger partial charge in [-0.3, -0.25) is 9.78 Å². The molecule has 0 radical (unpaired) electrons. The highest BCUT2D eigenvalue weighted by molar-refractivity contribution is 9.10. The SMILES string of the molecule is O=C(c1ccncc1Br)N1CCC(Br)C1. The van der Waals surface area contributed by atoms with Gasteiger partial charge in [-0.15, -0.1) is 0 Å². The number of rotatable bonds is 1. The van der Waals surface area contributed by atoms with Crippen LogP contribution < -0.4 is 0 Å². The summed E-state index contributed by atoms with van der Waals surface area (Å²) in [5, 5.41) is 0. The molecule has 1 unspecified atom stereocenters. The second-order valence-electron chi connectivity index (χ2n) is 3.49. The average Bonchev–Trinajstić information content (AvgIpc) is 2.65. The minimum absolute atomic E-state index is 0.0752. The lowest BCUT2D eigenvalue weighted by molar-refractivity contribution is 0.0792. The third-order valence-electron chi connectivity index (χ3n) is 2.42. The first-order chi connectivity index (χ1) is 7.18.